The highest BCUT2D eigenvalue weighted by Crippen LogP contribution is 2.41. The Labute approximate surface area is 198 Å². The van der Waals surface area contributed by atoms with Crippen molar-refractivity contribution in [2.75, 3.05) is 43.1 Å². The highest BCUT2D eigenvalue weighted by Gasteiger charge is 2.43. The Morgan fingerprint density at radius 1 is 1.15 bits per heavy atom. The molecule has 184 valence electrons. The molecule has 0 saturated carbocycles. The number of amides is 1. The van der Waals surface area contributed by atoms with Crippen molar-refractivity contribution in [1.29, 1.82) is 0 Å². The van der Waals surface area contributed by atoms with Crippen LogP contribution in [0.1, 0.15) is 31.4 Å². The van der Waals surface area contributed by atoms with E-state index in [1.807, 2.05) is 24.3 Å². The summed E-state index contributed by atoms with van der Waals surface area (Å²) < 4.78 is 45.7. The lowest BCUT2D eigenvalue weighted by Gasteiger charge is -2.49. The van der Waals surface area contributed by atoms with Gasteiger partial charge in [-0.15, -0.1) is 0 Å². The maximum absolute atomic E-state index is 13.4. The first-order valence-electron chi connectivity index (χ1n) is 11.8. The number of nitrogens with zero attached hydrogens (tertiary/aromatic N) is 2. The molecule has 0 bridgehead atoms. The highest BCUT2D eigenvalue weighted by atomic mass is 19.4. The molecule has 2 aliphatic heterocycles. The van der Waals surface area contributed by atoms with Crippen molar-refractivity contribution in [2.45, 2.75) is 38.9 Å². The predicted molar refractivity (Wildman–Crippen MR) is 127 cm³/mol. The Morgan fingerprint density at radius 2 is 1.91 bits per heavy atom. The molecule has 2 atom stereocenters. The summed E-state index contributed by atoms with van der Waals surface area (Å²) in [7, 11) is 1.63. The van der Waals surface area contributed by atoms with E-state index in [1.165, 1.54) is 6.07 Å². The van der Waals surface area contributed by atoms with Crippen LogP contribution in [-0.2, 0) is 17.4 Å². The third kappa shape index (κ3) is 4.95. The molecule has 0 unspecified atom stereocenters. The number of fused-ring (bicyclic) bond motifs is 3. The van der Waals surface area contributed by atoms with Crippen molar-refractivity contribution >= 4 is 17.3 Å². The highest BCUT2D eigenvalue weighted by molar-refractivity contribution is 5.82. The molecule has 2 aromatic carbocycles. The number of hydrogen-bond acceptors (Lipinski definition) is 4. The lowest BCUT2D eigenvalue weighted by Crippen LogP contribution is -2.61. The third-order valence-electron chi connectivity index (χ3n) is 6.82. The molecule has 1 amide bonds. The number of carbonyl (C=O) groups excluding carboxylic acids is 1. The molecule has 8 heteroatoms. The summed E-state index contributed by atoms with van der Waals surface area (Å²) in [6, 6.07) is 11.6. The number of piperazine rings is 1. The maximum atomic E-state index is 13.4. The Balaban J connectivity index is 1.65. The van der Waals surface area contributed by atoms with Gasteiger partial charge in [0.05, 0.1) is 30.3 Å². The zero-order valence-electron chi connectivity index (χ0n) is 19.9. The van der Waals surface area contributed by atoms with Crippen LogP contribution < -0.4 is 19.9 Å². The largest absolute Gasteiger partial charge is 0.495 e. The van der Waals surface area contributed by atoms with Crippen molar-refractivity contribution in [3.05, 3.63) is 53.6 Å². The summed E-state index contributed by atoms with van der Waals surface area (Å²) in [6.45, 7) is 6.62. The molecule has 0 spiro atoms. The molecule has 0 radical (unpaired) electrons. The van der Waals surface area contributed by atoms with Crippen LogP contribution in [0, 0.1) is 11.8 Å². The monoisotopic (exact) mass is 475 g/mol. The fourth-order valence-electron chi connectivity index (χ4n) is 5.02. The van der Waals surface area contributed by atoms with Crippen LogP contribution in [-0.4, -0.2) is 45.2 Å². The van der Waals surface area contributed by atoms with E-state index in [2.05, 4.69) is 29.0 Å². The van der Waals surface area contributed by atoms with Crippen LogP contribution in [0.2, 0.25) is 0 Å². The van der Waals surface area contributed by atoms with Gasteiger partial charge < -0.3 is 19.9 Å². The number of hydrogen-bond donors (Lipinski definition) is 1. The number of para-hydroxylation sites is 2. The molecular formula is C26H32F3N3O2. The molecule has 1 N–H and O–H groups in total. The summed E-state index contributed by atoms with van der Waals surface area (Å²) in [6.07, 6.45) is -3.27. The number of methoxy groups -OCH3 is 1. The summed E-state index contributed by atoms with van der Waals surface area (Å²) >= 11 is 0. The average Bonchev–Trinajstić information content (AvgIpc) is 2.81. The summed E-state index contributed by atoms with van der Waals surface area (Å²) in [5, 5.41) is 3.04. The van der Waals surface area contributed by atoms with Gasteiger partial charge in [-0.2, -0.15) is 13.2 Å². The first-order chi connectivity index (χ1) is 16.2. The number of halogens is 3. The molecule has 5 nitrogen and oxygen atoms in total. The van der Waals surface area contributed by atoms with Crippen LogP contribution in [0.4, 0.5) is 24.5 Å². The number of benzene rings is 2. The summed E-state index contributed by atoms with van der Waals surface area (Å²) in [5.41, 5.74) is 1.67. The molecule has 1 fully saturated rings. The van der Waals surface area contributed by atoms with Crippen molar-refractivity contribution in [2.24, 2.45) is 11.8 Å². The number of carbonyl (C=O) groups is 1. The number of nitrogens with one attached hydrogen (secondary N) is 1. The van der Waals surface area contributed by atoms with E-state index in [0.29, 0.717) is 37.7 Å². The molecular weight excluding hydrogens is 443 g/mol. The zero-order chi connectivity index (χ0) is 24.5. The topological polar surface area (TPSA) is 44.8 Å². The van der Waals surface area contributed by atoms with Crippen molar-refractivity contribution < 1.29 is 22.7 Å². The van der Waals surface area contributed by atoms with Crippen molar-refractivity contribution in [3.63, 3.8) is 0 Å². The van der Waals surface area contributed by atoms with E-state index in [-0.39, 0.29) is 18.4 Å². The number of anilines is 2. The van der Waals surface area contributed by atoms with Crippen LogP contribution in [0.3, 0.4) is 0 Å². The fourth-order valence-corrected chi connectivity index (χ4v) is 5.02. The second kappa shape index (κ2) is 9.76. The Morgan fingerprint density at radius 3 is 2.62 bits per heavy atom. The normalized spacial score (nSPS) is 20.1. The molecule has 2 heterocycles. The molecule has 4 rings (SSSR count). The average molecular weight is 476 g/mol. The van der Waals surface area contributed by atoms with Gasteiger partial charge in [0.1, 0.15) is 5.75 Å². The lowest BCUT2D eigenvalue weighted by atomic mass is 9.82. The van der Waals surface area contributed by atoms with E-state index >= 15 is 0 Å². The van der Waals surface area contributed by atoms with Gasteiger partial charge in [-0.1, -0.05) is 26.0 Å². The summed E-state index contributed by atoms with van der Waals surface area (Å²) in [5.74, 6) is 0.676. The molecule has 34 heavy (non-hydrogen) atoms. The van der Waals surface area contributed by atoms with Crippen LogP contribution in [0.15, 0.2) is 42.5 Å². The lowest BCUT2D eigenvalue weighted by molar-refractivity contribution is -0.137. The van der Waals surface area contributed by atoms with Gasteiger partial charge in [0.2, 0.25) is 5.91 Å². The predicted octanol–water partition coefficient (Wildman–Crippen LogP) is 4.74. The van der Waals surface area contributed by atoms with Gasteiger partial charge in [0.15, 0.2) is 0 Å². The van der Waals surface area contributed by atoms with Gasteiger partial charge in [-0.25, -0.2) is 0 Å². The number of alkyl halides is 3. The van der Waals surface area contributed by atoms with Gasteiger partial charge in [-0.05, 0) is 54.7 Å². The first-order valence-corrected chi connectivity index (χ1v) is 11.8. The molecule has 2 aliphatic rings. The van der Waals surface area contributed by atoms with Crippen LogP contribution in [0.25, 0.3) is 0 Å². The first kappa shape index (κ1) is 24.2. The fraction of sp³-hybridized carbons (Fsp3) is 0.500. The van der Waals surface area contributed by atoms with E-state index in [9.17, 15) is 18.0 Å². The minimum absolute atomic E-state index is 0.0967. The number of ether oxygens (including phenoxy) is 1. The van der Waals surface area contributed by atoms with E-state index in [4.69, 9.17) is 4.74 Å². The molecule has 0 aromatic heterocycles. The Hall–Kier alpha value is -2.90. The van der Waals surface area contributed by atoms with Crippen molar-refractivity contribution in [3.8, 4) is 5.75 Å². The van der Waals surface area contributed by atoms with Gasteiger partial charge in [0, 0.05) is 31.9 Å². The van der Waals surface area contributed by atoms with E-state index in [0.717, 1.165) is 29.6 Å². The van der Waals surface area contributed by atoms with Crippen LogP contribution in [0.5, 0.6) is 5.75 Å². The Bertz CT molecular complexity index is 1020. The van der Waals surface area contributed by atoms with Gasteiger partial charge in [0.25, 0.3) is 0 Å². The quantitative estimate of drug-likeness (QED) is 0.655. The smallest absolute Gasteiger partial charge is 0.416 e. The van der Waals surface area contributed by atoms with Gasteiger partial charge >= 0.3 is 6.18 Å². The van der Waals surface area contributed by atoms with Crippen molar-refractivity contribution in [1.82, 2.24) is 5.32 Å². The number of rotatable bonds is 6. The SMILES string of the molecule is COc1ccccc1N1CCN2c3ccc(C(F)(F)F)cc3C[C@H](C(=O)NCCC(C)C)[C@@H]2C1. The second-order valence-corrected chi connectivity index (χ2v) is 9.50. The minimum Gasteiger partial charge on any atom is -0.495 e. The summed E-state index contributed by atoms with van der Waals surface area (Å²) in [4.78, 5) is 17.6. The zero-order valence-corrected chi connectivity index (χ0v) is 19.9. The molecule has 1 saturated heterocycles. The van der Waals surface area contributed by atoms with E-state index < -0.39 is 17.7 Å². The van der Waals surface area contributed by atoms with Crippen LogP contribution >= 0.6 is 0 Å². The van der Waals surface area contributed by atoms with E-state index in [1.54, 1.807) is 13.2 Å². The van der Waals surface area contributed by atoms with Gasteiger partial charge in [-0.3, -0.25) is 4.79 Å². The minimum atomic E-state index is -4.41. The third-order valence-corrected chi connectivity index (χ3v) is 6.82. The Kier molecular flexibility index (Phi) is 6.96. The second-order valence-electron chi connectivity index (χ2n) is 9.50. The molecule has 0 aliphatic carbocycles. The standard InChI is InChI=1S/C26H32F3N3O2/c1-17(2)10-11-30-25(33)20-15-18-14-19(26(27,28)29)8-9-21(18)32-13-12-31(16-23(20)32)22-6-4-5-7-24(22)34-3/h4-9,14,17,20,23H,10-13,15-16H2,1-3H3,(H,30,33)/t20-,23-/m0/s1. The molecule has 2 aromatic rings. The maximum Gasteiger partial charge on any atom is 0.416 e.